The van der Waals surface area contributed by atoms with Crippen LogP contribution in [-0.2, 0) is 6.42 Å². The van der Waals surface area contributed by atoms with Gasteiger partial charge in [-0.1, -0.05) is 41.9 Å². The van der Waals surface area contributed by atoms with E-state index in [4.69, 9.17) is 27.7 Å². The Kier molecular flexibility index (Phi) is 4.02. The highest BCUT2D eigenvalue weighted by molar-refractivity contribution is 6.31. The van der Waals surface area contributed by atoms with Gasteiger partial charge in [-0.25, -0.2) is 0 Å². The van der Waals surface area contributed by atoms with Crippen molar-refractivity contribution in [2.24, 2.45) is 0 Å². The van der Waals surface area contributed by atoms with Crippen molar-refractivity contribution in [3.8, 4) is 0 Å². The van der Waals surface area contributed by atoms with Crippen LogP contribution >= 0.6 is 23.2 Å². The van der Waals surface area contributed by atoms with Gasteiger partial charge in [-0.2, -0.15) is 4.98 Å². The predicted molar refractivity (Wildman–Crippen MR) is 67.4 cm³/mol. The highest BCUT2D eigenvalue weighted by Gasteiger charge is 2.14. The molecule has 0 bridgehead atoms. The molecule has 0 N–H and O–H groups in total. The van der Waals surface area contributed by atoms with E-state index in [2.05, 4.69) is 10.1 Å². The normalized spacial score (nSPS) is 12.6. The fraction of sp³-hybridized carbons (Fsp3) is 0.333. The molecule has 0 aliphatic carbocycles. The van der Waals surface area contributed by atoms with Gasteiger partial charge in [-0.15, -0.1) is 11.6 Å². The molecule has 1 heterocycles. The van der Waals surface area contributed by atoms with Gasteiger partial charge in [-0.3, -0.25) is 0 Å². The number of aromatic nitrogens is 2. The summed E-state index contributed by atoms with van der Waals surface area (Å²) in [6.07, 6.45) is 1.30. The van der Waals surface area contributed by atoms with Crippen molar-refractivity contribution in [2.75, 3.05) is 0 Å². The summed E-state index contributed by atoms with van der Waals surface area (Å²) in [7, 11) is 0. The first kappa shape index (κ1) is 12.4. The number of rotatable bonds is 4. The summed E-state index contributed by atoms with van der Waals surface area (Å²) in [5.74, 6) is 1.07. The van der Waals surface area contributed by atoms with Crippen LogP contribution in [-0.4, -0.2) is 10.1 Å². The second-order valence-electron chi connectivity index (χ2n) is 3.69. The summed E-state index contributed by atoms with van der Waals surface area (Å²) < 4.78 is 5.14. The van der Waals surface area contributed by atoms with Gasteiger partial charge in [0, 0.05) is 5.02 Å². The van der Waals surface area contributed by atoms with Crippen molar-refractivity contribution in [3.05, 3.63) is 46.6 Å². The third-order valence-corrected chi connectivity index (χ3v) is 3.29. The number of hydrogen-bond donors (Lipinski definition) is 0. The molecule has 1 atom stereocenters. The standard InChI is InChI=1S/C12H12Cl2N2O/c1-2-9(13)12-15-11(17-16-12)7-8-5-3-4-6-10(8)14/h3-6,9H,2,7H2,1H3. The van der Waals surface area contributed by atoms with Crippen LogP contribution in [0, 0.1) is 0 Å². The lowest BCUT2D eigenvalue weighted by molar-refractivity contribution is 0.378. The Balaban J connectivity index is 2.14. The van der Waals surface area contributed by atoms with E-state index in [0.29, 0.717) is 23.2 Å². The molecule has 1 aromatic carbocycles. The number of halogens is 2. The molecule has 0 aliphatic rings. The van der Waals surface area contributed by atoms with Gasteiger partial charge in [0.1, 0.15) is 0 Å². The molecule has 3 nitrogen and oxygen atoms in total. The molecule has 0 amide bonds. The van der Waals surface area contributed by atoms with Gasteiger partial charge in [0.2, 0.25) is 5.89 Å². The first-order chi connectivity index (χ1) is 8.20. The lowest BCUT2D eigenvalue weighted by Gasteiger charge is -1.99. The Morgan fingerprint density at radius 1 is 1.35 bits per heavy atom. The second kappa shape index (κ2) is 5.52. The minimum Gasteiger partial charge on any atom is -0.339 e. The quantitative estimate of drug-likeness (QED) is 0.789. The van der Waals surface area contributed by atoms with E-state index in [1.54, 1.807) is 0 Å². The van der Waals surface area contributed by atoms with Crippen molar-refractivity contribution in [1.29, 1.82) is 0 Å². The first-order valence-electron chi connectivity index (χ1n) is 5.40. The summed E-state index contributed by atoms with van der Waals surface area (Å²) in [5.41, 5.74) is 0.965. The topological polar surface area (TPSA) is 38.9 Å². The van der Waals surface area contributed by atoms with Gasteiger partial charge in [0.15, 0.2) is 5.82 Å². The summed E-state index contributed by atoms with van der Waals surface area (Å²) in [4.78, 5) is 4.25. The molecule has 0 saturated carbocycles. The zero-order valence-electron chi connectivity index (χ0n) is 9.36. The lowest BCUT2D eigenvalue weighted by atomic mass is 10.1. The SMILES string of the molecule is CCC(Cl)c1noc(Cc2ccccc2Cl)n1. The van der Waals surface area contributed by atoms with E-state index in [1.165, 1.54) is 0 Å². The van der Waals surface area contributed by atoms with Gasteiger partial charge < -0.3 is 4.52 Å². The molecule has 0 fully saturated rings. The van der Waals surface area contributed by atoms with Crippen LogP contribution in [0.3, 0.4) is 0 Å². The van der Waals surface area contributed by atoms with Crippen LogP contribution < -0.4 is 0 Å². The summed E-state index contributed by atoms with van der Waals surface area (Å²) >= 11 is 12.1. The Labute approximate surface area is 110 Å². The predicted octanol–water partition coefficient (Wildman–Crippen LogP) is 4.00. The van der Waals surface area contributed by atoms with Gasteiger partial charge in [0.25, 0.3) is 0 Å². The van der Waals surface area contributed by atoms with Crippen LogP contribution in [0.15, 0.2) is 28.8 Å². The average molecular weight is 271 g/mol. The fourth-order valence-corrected chi connectivity index (χ4v) is 1.75. The summed E-state index contributed by atoms with van der Waals surface area (Å²) in [6, 6.07) is 7.58. The molecule has 0 spiro atoms. The molecule has 2 aromatic rings. The maximum Gasteiger partial charge on any atom is 0.231 e. The largest absolute Gasteiger partial charge is 0.339 e. The van der Waals surface area contributed by atoms with Crippen LogP contribution in [0.2, 0.25) is 5.02 Å². The molecule has 2 rings (SSSR count). The highest BCUT2D eigenvalue weighted by atomic mass is 35.5. The van der Waals surface area contributed by atoms with Crippen LogP contribution in [0.25, 0.3) is 0 Å². The van der Waals surface area contributed by atoms with Crippen molar-refractivity contribution >= 4 is 23.2 Å². The molecule has 1 aromatic heterocycles. The fourth-order valence-electron chi connectivity index (χ4n) is 1.45. The number of alkyl halides is 1. The third kappa shape index (κ3) is 2.99. The van der Waals surface area contributed by atoms with E-state index in [1.807, 2.05) is 31.2 Å². The molecular weight excluding hydrogens is 259 g/mol. The van der Waals surface area contributed by atoms with Gasteiger partial charge in [-0.05, 0) is 18.1 Å². The lowest BCUT2D eigenvalue weighted by Crippen LogP contribution is -1.93. The molecular formula is C12H12Cl2N2O. The van der Waals surface area contributed by atoms with Gasteiger partial charge >= 0.3 is 0 Å². The van der Waals surface area contributed by atoms with Crippen molar-refractivity contribution in [1.82, 2.24) is 10.1 Å². The molecule has 0 saturated heterocycles. The van der Waals surface area contributed by atoms with Crippen molar-refractivity contribution < 1.29 is 4.52 Å². The number of hydrogen-bond acceptors (Lipinski definition) is 3. The van der Waals surface area contributed by atoms with Crippen LogP contribution in [0.1, 0.15) is 36.0 Å². The second-order valence-corrected chi connectivity index (χ2v) is 4.62. The Bertz CT molecular complexity index is 499. The van der Waals surface area contributed by atoms with Gasteiger partial charge in [0.05, 0.1) is 11.8 Å². The molecule has 5 heteroatoms. The monoisotopic (exact) mass is 270 g/mol. The summed E-state index contributed by atoms with van der Waals surface area (Å²) in [5, 5.41) is 4.36. The number of nitrogens with zero attached hydrogens (tertiary/aromatic N) is 2. The molecule has 90 valence electrons. The van der Waals surface area contributed by atoms with E-state index >= 15 is 0 Å². The minimum atomic E-state index is -0.196. The van der Waals surface area contributed by atoms with Crippen LogP contribution in [0.4, 0.5) is 0 Å². The first-order valence-corrected chi connectivity index (χ1v) is 6.22. The third-order valence-electron chi connectivity index (χ3n) is 2.42. The van der Waals surface area contributed by atoms with Crippen LogP contribution in [0.5, 0.6) is 0 Å². The zero-order valence-corrected chi connectivity index (χ0v) is 10.9. The maximum absolute atomic E-state index is 6.05. The Morgan fingerprint density at radius 3 is 2.82 bits per heavy atom. The van der Waals surface area contributed by atoms with Crippen molar-refractivity contribution in [3.63, 3.8) is 0 Å². The molecule has 0 aliphatic heterocycles. The molecule has 1 unspecified atom stereocenters. The van der Waals surface area contributed by atoms with E-state index < -0.39 is 0 Å². The Morgan fingerprint density at radius 2 is 2.12 bits per heavy atom. The van der Waals surface area contributed by atoms with E-state index in [0.717, 1.165) is 12.0 Å². The highest BCUT2D eigenvalue weighted by Crippen LogP contribution is 2.22. The molecule has 17 heavy (non-hydrogen) atoms. The number of benzene rings is 1. The molecule has 0 radical (unpaired) electrons. The Hall–Kier alpha value is -1.06. The average Bonchev–Trinajstić information content (AvgIpc) is 2.80. The van der Waals surface area contributed by atoms with E-state index in [9.17, 15) is 0 Å². The van der Waals surface area contributed by atoms with Crippen molar-refractivity contribution in [2.45, 2.75) is 25.1 Å². The van der Waals surface area contributed by atoms with E-state index in [-0.39, 0.29) is 5.38 Å². The maximum atomic E-state index is 6.05. The zero-order chi connectivity index (χ0) is 12.3. The minimum absolute atomic E-state index is 0.196. The summed E-state index contributed by atoms with van der Waals surface area (Å²) in [6.45, 7) is 1.97. The smallest absolute Gasteiger partial charge is 0.231 e.